The Morgan fingerprint density at radius 1 is 1.10 bits per heavy atom. The SMILES string of the molecule is Cc1ccccc1NC(=O)NN=Cc1ccc(OCc2ccc(Cl)c(Cl)c2)c(Br)c1. The number of ether oxygens (including phenoxy) is 1. The van der Waals surface area contributed by atoms with Crippen LogP contribution >= 0.6 is 39.1 Å². The number of hydrogen-bond acceptors (Lipinski definition) is 3. The Labute approximate surface area is 193 Å². The van der Waals surface area contributed by atoms with Gasteiger partial charge in [-0.15, -0.1) is 0 Å². The van der Waals surface area contributed by atoms with Gasteiger partial charge in [-0.2, -0.15) is 5.10 Å². The van der Waals surface area contributed by atoms with Crippen molar-refractivity contribution in [3.8, 4) is 5.75 Å². The van der Waals surface area contributed by atoms with E-state index in [2.05, 4.69) is 31.8 Å². The van der Waals surface area contributed by atoms with Crippen LogP contribution in [0.4, 0.5) is 10.5 Å². The number of nitrogens with zero attached hydrogens (tertiary/aromatic N) is 1. The molecule has 0 fully saturated rings. The number of rotatable bonds is 6. The number of carbonyl (C=O) groups excluding carboxylic acids is 1. The molecular formula is C22H18BrCl2N3O2. The monoisotopic (exact) mass is 505 g/mol. The summed E-state index contributed by atoms with van der Waals surface area (Å²) in [4.78, 5) is 12.0. The molecule has 0 aromatic heterocycles. The van der Waals surface area contributed by atoms with Crippen molar-refractivity contribution in [2.45, 2.75) is 13.5 Å². The average molecular weight is 507 g/mol. The van der Waals surface area contributed by atoms with E-state index in [4.69, 9.17) is 27.9 Å². The van der Waals surface area contributed by atoms with Gasteiger partial charge < -0.3 is 10.1 Å². The maximum absolute atomic E-state index is 12.0. The van der Waals surface area contributed by atoms with Gasteiger partial charge in [-0.25, -0.2) is 10.2 Å². The predicted molar refractivity (Wildman–Crippen MR) is 126 cm³/mol. The fourth-order valence-electron chi connectivity index (χ4n) is 2.53. The smallest absolute Gasteiger partial charge is 0.339 e. The maximum atomic E-state index is 12.0. The first-order valence-electron chi connectivity index (χ1n) is 8.94. The van der Waals surface area contributed by atoms with Crippen LogP contribution in [-0.4, -0.2) is 12.2 Å². The molecule has 0 saturated heterocycles. The Bertz CT molecular complexity index is 1090. The lowest BCUT2D eigenvalue weighted by Crippen LogP contribution is -2.24. The van der Waals surface area contributed by atoms with Crippen molar-refractivity contribution in [3.63, 3.8) is 0 Å². The molecule has 0 unspecified atom stereocenters. The molecular weight excluding hydrogens is 489 g/mol. The Hall–Kier alpha value is -2.54. The summed E-state index contributed by atoms with van der Waals surface area (Å²) in [5, 5.41) is 7.71. The molecule has 0 saturated carbocycles. The quantitative estimate of drug-likeness (QED) is 0.285. The van der Waals surface area contributed by atoms with E-state index in [1.54, 1.807) is 18.3 Å². The van der Waals surface area contributed by atoms with Crippen molar-refractivity contribution in [1.29, 1.82) is 0 Å². The average Bonchev–Trinajstić information content (AvgIpc) is 2.71. The van der Waals surface area contributed by atoms with Gasteiger partial charge >= 0.3 is 6.03 Å². The van der Waals surface area contributed by atoms with E-state index >= 15 is 0 Å². The summed E-state index contributed by atoms with van der Waals surface area (Å²) >= 11 is 15.4. The lowest BCUT2D eigenvalue weighted by molar-refractivity contribution is 0.252. The van der Waals surface area contributed by atoms with Crippen LogP contribution in [0.2, 0.25) is 10.0 Å². The molecule has 0 bridgehead atoms. The molecule has 30 heavy (non-hydrogen) atoms. The van der Waals surface area contributed by atoms with E-state index in [-0.39, 0.29) is 0 Å². The normalized spacial score (nSPS) is 10.8. The molecule has 2 amide bonds. The summed E-state index contributed by atoms with van der Waals surface area (Å²) in [6, 6.07) is 17.9. The Balaban J connectivity index is 1.54. The van der Waals surface area contributed by atoms with Crippen LogP contribution in [0, 0.1) is 6.92 Å². The molecule has 2 N–H and O–H groups in total. The Morgan fingerprint density at radius 3 is 2.63 bits per heavy atom. The summed E-state index contributed by atoms with van der Waals surface area (Å²) in [6.07, 6.45) is 1.55. The van der Waals surface area contributed by atoms with Gasteiger partial charge in [-0.3, -0.25) is 0 Å². The van der Waals surface area contributed by atoms with Crippen LogP contribution in [-0.2, 0) is 6.61 Å². The van der Waals surface area contributed by atoms with Crippen molar-refractivity contribution < 1.29 is 9.53 Å². The van der Waals surface area contributed by atoms with Gasteiger partial charge in [0, 0.05) is 5.69 Å². The lowest BCUT2D eigenvalue weighted by Gasteiger charge is -2.09. The zero-order valence-electron chi connectivity index (χ0n) is 16.0. The first-order chi connectivity index (χ1) is 14.4. The summed E-state index contributed by atoms with van der Waals surface area (Å²) in [6.45, 7) is 2.27. The van der Waals surface area contributed by atoms with Crippen molar-refractivity contribution in [2.24, 2.45) is 5.10 Å². The van der Waals surface area contributed by atoms with Gasteiger partial charge in [-0.05, 0) is 75.9 Å². The van der Waals surface area contributed by atoms with E-state index in [9.17, 15) is 4.79 Å². The molecule has 0 atom stereocenters. The highest BCUT2D eigenvalue weighted by atomic mass is 79.9. The number of amides is 2. The van der Waals surface area contributed by atoms with Crippen LogP contribution in [0.15, 0.2) is 70.2 Å². The number of hydrazone groups is 1. The predicted octanol–water partition coefficient (Wildman–Crippen LogP) is 6.80. The fourth-order valence-corrected chi connectivity index (χ4v) is 3.37. The number of carbonyl (C=O) groups is 1. The third-order valence-electron chi connectivity index (χ3n) is 4.11. The summed E-state index contributed by atoms with van der Waals surface area (Å²) < 4.78 is 6.58. The van der Waals surface area contributed by atoms with E-state index in [1.807, 2.05) is 55.5 Å². The van der Waals surface area contributed by atoms with Crippen molar-refractivity contribution in [3.05, 3.63) is 91.9 Å². The number of nitrogens with one attached hydrogen (secondary N) is 2. The zero-order chi connectivity index (χ0) is 21.5. The standard InChI is InChI=1S/C22H18BrCl2N3O2/c1-14-4-2-3-5-20(14)27-22(29)28-26-12-15-7-9-21(17(23)10-15)30-13-16-6-8-18(24)19(25)11-16/h2-12H,13H2,1H3,(H2,27,28,29). The number of urea groups is 1. The number of anilines is 1. The van der Waals surface area contributed by atoms with Crippen LogP contribution in [0.1, 0.15) is 16.7 Å². The second-order valence-corrected chi connectivity index (χ2v) is 8.03. The van der Waals surface area contributed by atoms with Gasteiger partial charge in [0.05, 0.1) is 20.7 Å². The molecule has 0 aliphatic carbocycles. The molecule has 0 spiro atoms. The highest BCUT2D eigenvalue weighted by Gasteiger charge is 2.05. The molecule has 0 aliphatic heterocycles. The van der Waals surface area contributed by atoms with E-state index in [0.717, 1.165) is 26.9 Å². The van der Waals surface area contributed by atoms with Crippen LogP contribution < -0.4 is 15.5 Å². The number of aryl methyl sites for hydroxylation is 1. The van der Waals surface area contributed by atoms with E-state index in [1.165, 1.54) is 0 Å². The summed E-state index contributed by atoms with van der Waals surface area (Å²) in [5.41, 5.74) is 5.85. The molecule has 0 aliphatic rings. The van der Waals surface area contributed by atoms with Crippen molar-refractivity contribution >= 4 is 57.1 Å². The molecule has 8 heteroatoms. The molecule has 154 valence electrons. The first-order valence-corrected chi connectivity index (χ1v) is 10.5. The Morgan fingerprint density at radius 2 is 1.90 bits per heavy atom. The van der Waals surface area contributed by atoms with Crippen LogP contribution in [0.5, 0.6) is 5.75 Å². The number of benzene rings is 3. The third-order valence-corrected chi connectivity index (χ3v) is 5.47. The van der Waals surface area contributed by atoms with Gasteiger partial charge in [0.2, 0.25) is 0 Å². The Kier molecular flexibility index (Phi) is 7.74. The fraction of sp³-hybridized carbons (Fsp3) is 0.0909. The number of hydrogen-bond donors (Lipinski definition) is 2. The van der Waals surface area contributed by atoms with Gasteiger partial charge in [-0.1, -0.05) is 47.5 Å². The highest BCUT2D eigenvalue weighted by Crippen LogP contribution is 2.28. The molecule has 0 radical (unpaired) electrons. The minimum Gasteiger partial charge on any atom is -0.488 e. The molecule has 5 nitrogen and oxygen atoms in total. The maximum Gasteiger partial charge on any atom is 0.339 e. The van der Waals surface area contributed by atoms with E-state index in [0.29, 0.717) is 22.4 Å². The molecule has 3 aromatic carbocycles. The minimum atomic E-state index is -0.416. The molecule has 3 rings (SSSR count). The number of halogens is 3. The second kappa shape index (κ2) is 10.5. The summed E-state index contributed by atoms with van der Waals surface area (Å²) in [5.74, 6) is 0.670. The topological polar surface area (TPSA) is 62.7 Å². The van der Waals surface area contributed by atoms with Gasteiger partial charge in [0.25, 0.3) is 0 Å². The van der Waals surface area contributed by atoms with Crippen LogP contribution in [0.25, 0.3) is 0 Å². The van der Waals surface area contributed by atoms with E-state index < -0.39 is 6.03 Å². The van der Waals surface area contributed by atoms with Crippen LogP contribution in [0.3, 0.4) is 0 Å². The third kappa shape index (κ3) is 6.23. The minimum absolute atomic E-state index is 0.351. The van der Waals surface area contributed by atoms with Gasteiger partial charge in [0.15, 0.2) is 0 Å². The molecule has 0 heterocycles. The number of para-hydroxylation sites is 1. The highest BCUT2D eigenvalue weighted by molar-refractivity contribution is 9.10. The lowest BCUT2D eigenvalue weighted by atomic mass is 10.2. The second-order valence-electron chi connectivity index (χ2n) is 6.37. The summed E-state index contributed by atoms with van der Waals surface area (Å²) in [7, 11) is 0. The zero-order valence-corrected chi connectivity index (χ0v) is 19.1. The molecule has 3 aromatic rings. The first kappa shape index (κ1) is 22.2. The van der Waals surface area contributed by atoms with Crippen molar-refractivity contribution in [1.82, 2.24) is 5.43 Å². The largest absolute Gasteiger partial charge is 0.488 e. The van der Waals surface area contributed by atoms with Crippen molar-refractivity contribution in [2.75, 3.05) is 5.32 Å². The van der Waals surface area contributed by atoms with Gasteiger partial charge in [0.1, 0.15) is 12.4 Å².